The fourth-order valence-electron chi connectivity index (χ4n) is 3.24. The number of aryl methyl sites for hydroxylation is 1. The lowest BCUT2D eigenvalue weighted by Crippen LogP contribution is -2.41. The molecule has 0 bridgehead atoms. The Balaban J connectivity index is 1.59. The van der Waals surface area contributed by atoms with Crippen molar-refractivity contribution in [3.8, 4) is 0 Å². The molecule has 2 aliphatic heterocycles. The molecular formula is C14H22N4O3S. The van der Waals surface area contributed by atoms with Crippen LogP contribution in [0.4, 0.5) is 0 Å². The summed E-state index contributed by atoms with van der Waals surface area (Å²) in [5.74, 6) is 1.82. The van der Waals surface area contributed by atoms with Gasteiger partial charge in [-0.3, -0.25) is 4.79 Å². The molecule has 1 saturated heterocycles. The minimum atomic E-state index is -3.25. The molecule has 0 aromatic carbocycles. The van der Waals surface area contributed by atoms with Gasteiger partial charge in [-0.1, -0.05) is 6.92 Å². The molecule has 0 atom stereocenters. The Morgan fingerprint density at radius 3 is 2.64 bits per heavy atom. The molecule has 1 amide bonds. The topological polar surface area (TPSA) is 85.2 Å². The average Bonchev–Trinajstić information content (AvgIpc) is 3.10. The second-order valence-corrected chi connectivity index (χ2v) is 8.41. The molecule has 22 heavy (non-hydrogen) atoms. The third-order valence-corrected chi connectivity index (χ3v) is 6.20. The maximum Gasteiger partial charge on any atom is 0.237 e. The van der Waals surface area contributed by atoms with Crippen LogP contribution in [0, 0.1) is 0 Å². The summed E-state index contributed by atoms with van der Waals surface area (Å²) >= 11 is 0. The van der Waals surface area contributed by atoms with Crippen molar-refractivity contribution >= 4 is 15.7 Å². The van der Waals surface area contributed by atoms with Crippen LogP contribution in [0.25, 0.3) is 0 Å². The second-order valence-electron chi connectivity index (χ2n) is 6.06. The Labute approximate surface area is 130 Å². The van der Waals surface area contributed by atoms with E-state index in [-0.39, 0.29) is 17.4 Å². The molecule has 1 fully saturated rings. The van der Waals surface area contributed by atoms with E-state index in [9.17, 15) is 13.2 Å². The van der Waals surface area contributed by atoms with E-state index in [1.807, 2.05) is 0 Å². The number of amides is 1. The number of piperidine rings is 1. The van der Waals surface area contributed by atoms with E-state index in [0.717, 1.165) is 43.9 Å². The summed E-state index contributed by atoms with van der Waals surface area (Å²) in [5.41, 5.74) is 0. The number of rotatable bonds is 4. The minimum absolute atomic E-state index is 0.0150. The van der Waals surface area contributed by atoms with Crippen molar-refractivity contribution in [2.75, 3.05) is 24.6 Å². The predicted octanol–water partition coefficient (Wildman–Crippen LogP) is 0.365. The van der Waals surface area contributed by atoms with Gasteiger partial charge in [-0.25, -0.2) is 8.42 Å². The Bertz CT molecular complexity index is 660. The van der Waals surface area contributed by atoms with Crippen LogP contribution >= 0.6 is 0 Å². The number of carbonyl (C=O) groups is 1. The van der Waals surface area contributed by atoms with Crippen LogP contribution in [-0.4, -0.2) is 58.6 Å². The zero-order valence-electron chi connectivity index (χ0n) is 12.9. The van der Waals surface area contributed by atoms with Gasteiger partial charge >= 0.3 is 0 Å². The molecule has 0 unspecified atom stereocenters. The fourth-order valence-corrected chi connectivity index (χ4v) is 4.01. The van der Waals surface area contributed by atoms with Crippen molar-refractivity contribution in [1.29, 1.82) is 0 Å². The lowest BCUT2D eigenvalue weighted by Gasteiger charge is -2.31. The largest absolute Gasteiger partial charge is 0.342 e. The summed E-state index contributed by atoms with van der Waals surface area (Å²) in [6, 6.07) is 0. The van der Waals surface area contributed by atoms with Gasteiger partial charge in [0.15, 0.2) is 9.84 Å². The highest BCUT2D eigenvalue weighted by molar-refractivity contribution is 7.92. The van der Waals surface area contributed by atoms with Crippen LogP contribution in [-0.2, 0) is 27.6 Å². The predicted molar refractivity (Wildman–Crippen MR) is 81.2 cm³/mol. The highest BCUT2D eigenvalue weighted by Gasteiger charge is 2.30. The first-order valence-electron chi connectivity index (χ1n) is 7.90. The molecule has 0 N–H and O–H groups in total. The maximum atomic E-state index is 12.1. The van der Waals surface area contributed by atoms with Gasteiger partial charge in [-0.05, 0) is 19.3 Å². The summed E-state index contributed by atoms with van der Waals surface area (Å²) in [4.78, 5) is 13.7. The highest BCUT2D eigenvalue weighted by Crippen LogP contribution is 2.29. The first-order chi connectivity index (χ1) is 10.5. The first-order valence-corrected chi connectivity index (χ1v) is 9.72. The lowest BCUT2D eigenvalue weighted by molar-refractivity contribution is -0.129. The van der Waals surface area contributed by atoms with Crippen molar-refractivity contribution in [2.45, 2.75) is 45.1 Å². The van der Waals surface area contributed by atoms with Crippen LogP contribution in [0.5, 0.6) is 0 Å². The van der Waals surface area contributed by atoms with Crippen molar-refractivity contribution in [2.24, 2.45) is 0 Å². The molecule has 0 aliphatic carbocycles. The third-order valence-electron chi connectivity index (χ3n) is 4.63. The number of nitrogens with zero attached hydrogens (tertiary/aromatic N) is 4. The Hall–Kier alpha value is -1.44. The number of likely N-dealkylation sites (tertiary alicyclic amines) is 1. The number of fused-ring (bicyclic) bond motifs is 1. The van der Waals surface area contributed by atoms with E-state index in [1.54, 1.807) is 11.8 Å². The van der Waals surface area contributed by atoms with Gasteiger partial charge in [0.05, 0.1) is 0 Å². The molecule has 0 radical (unpaired) electrons. The van der Waals surface area contributed by atoms with E-state index < -0.39 is 9.84 Å². The van der Waals surface area contributed by atoms with Gasteiger partial charge in [-0.15, -0.1) is 10.2 Å². The van der Waals surface area contributed by atoms with Crippen LogP contribution in [0.15, 0.2) is 0 Å². The highest BCUT2D eigenvalue weighted by atomic mass is 32.2. The normalized spacial score (nSPS) is 19.4. The molecule has 2 aliphatic rings. The molecule has 0 spiro atoms. The van der Waals surface area contributed by atoms with Crippen LogP contribution in [0.2, 0.25) is 0 Å². The zero-order valence-corrected chi connectivity index (χ0v) is 13.7. The van der Waals surface area contributed by atoms with Gasteiger partial charge in [0.1, 0.15) is 17.4 Å². The average molecular weight is 326 g/mol. The third kappa shape index (κ3) is 3.02. The van der Waals surface area contributed by atoms with E-state index in [1.165, 1.54) is 0 Å². The fraction of sp³-hybridized carbons (Fsp3) is 0.786. The van der Waals surface area contributed by atoms with Crippen LogP contribution < -0.4 is 0 Å². The molecule has 1 aromatic heterocycles. The summed E-state index contributed by atoms with van der Waals surface area (Å²) in [7, 11) is -3.25. The monoisotopic (exact) mass is 326 g/mol. The van der Waals surface area contributed by atoms with E-state index in [2.05, 4.69) is 14.8 Å². The Morgan fingerprint density at radius 1 is 1.23 bits per heavy atom. The Morgan fingerprint density at radius 2 is 1.95 bits per heavy atom. The van der Waals surface area contributed by atoms with Gasteiger partial charge in [0.2, 0.25) is 5.91 Å². The summed E-state index contributed by atoms with van der Waals surface area (Å²) in [6.07, 6.45) is 3.79. The van der Waals surface area contributed by atoms with Gasteiger partial charge in [0, 0.05) is 37.7 Å². The van der Waals surface area contributed by atoms with E-state index in [4.69, 9.17) is 0 Å². The van der Waals surface area contributed by atoms with Crippen LogP contribution in [0.3, 0.4) is 0 Å². The summed E-state index contributed by atoms with van der Waals surface area (Å²) < 4.78 is 25.3. The molecule has 0 saturated carbocycles. The molecule has 8 heteroatoms. The SMILES string of the molecule is CCS(=O)(=O)CC(=O)N1CCC(c2nnc3n2CCC3)CC1. The molecule has 3 rings (SSSR count). The van der Waals surface area contributed by atoms with Crippen molar-refractivity contribution in [3.05, 3.63) is 11.6 Å². The maximum absolute atomic E-state index is 12.1. The van der Waals surface area contributed by atoms with Crippen molar-refractivity contribution in [3.63, 3.8) is 0 Å². The van der Waals surface area contributed by atoms with Gasteiger partial charge in [0.25, 0.3) is 0 Å². The van der Waals surface area contributed by atoms with Crippen molar-refractivity contribution in [1.82, 2.24) is 19.7 Å². The quantitative estimate of drug-likeness (QED) is 0.798. The molecule has 1 aromatic rings. The zero-order chi connectivity index (χ0) is 15.7. The van der Waals surface area contributed by atoms with Crippen LogP contribution in [0.1, 0.15) is 43.8 Å². The number of aromatic nitrogens is 3. The lowest BCUT2D eigenvalue weighted by atomic mass is 9.96. The summed E-state index contributed by atoms with van der Waals surface area (Å²) in [6.45, 7) is 3.77. The van der Waals surface area contributed by atoms with E-state index in [0.29, 0.717) is 19.0 Å². The molecule has 3 heterocycles. The number of sulfone groups is 1. The summed E-state index contributed by atoms with van der Waals surface area (Å²) in [5, 5.41) is 8.56. The molecule has 7 nitrogen and oxygen atoms in total. The van der Waals surface area contributed by atoms with E-state index >= 15 is 0 Å². The standard InChI is InChI=1S/C14H22N4O3S/c1-2-22(20,21)10-13(19)17-8-5-11(6-9-17)14-16-15-12-4-3-7-18(12)14/h11H,2-10H2,1H3. The Kier molecular flexibility index (Phi) is 4.20. The number of carbonyl (C=O) groups excluding carboxylic acids is 1. The molecule has 122 valence electrons. The van der Waals surface area contributed by atoms with Gasteiger partial charge in [-0.2, -0.15) is 0 Å². The second kappa shape index (κ2) is 5.98. The minimum Gasteiger partial charge on any atom is -0.342 e. The van der Waals surface area contributed by atoms with Gasteiger partial charge < -0.3 is 9.47 Å². The molecular weight excluding hydrogens is 304 g/mol. The smallest absolute Gasteiger partial charge is 0.237 e. The number of hydrogen-bond donors (Lipinski definition) is 0. The van der Waals surface area contributed by atoms with Crippen molar-refractivity contribution < 1.29 is 13.2 Å². The first kappa shape index (κ1) is 15.5. The number of hydrogen-bond acceptors (Lipinski definition) is 5.